The van der Waals surface area contributed by atoms with Crippen molar-refractivity contribution in [2.45, 2.75) is 13.0 Å². The van der Waals surface area contributed by atoms with Crippen molar-refractivity contribution < 1.29 is 4.74 Å². The van der Waals surface area contributed by atoms with Gasteiger partial charge in [0.05, 0.1) is 0 Å². The molecule has 0 spiro atoms. The summed E-state index contributed by atoms with van der Waals surface area (Å²) in [6.45, 7) is 2.11. The minimum absolute atomic E-state index is 0.233. The lowest BCUT2D eigenvalue weighted by molar-refractivity contribution is 0.466. The van der Waals surface area contributed by atoms with Crippen LogP contribution in [0.25, 0.3) is 0 Å². The molecule has 1 N–H and O–H groups in total. The molecular weight excluding hydrogens is 417 g/mol. The van der Waals surface area contributed by atoms with Gasteiger partial charge in [0.25, 0.3) is 0 Å². The van der Waals surface area contributed by atoms with E-state index < -0.39 is 0 Å². The summed E-state index contributed by atoms with van der Waals surface area (Å²) in [5, 5.41) is 3.24. The Bertz CT molecular complexity index is 557. The maximum Gasteiger partial charge on any atom is 0.132 e. The lowest BCUT2D eigenvalue weighted by atomic mass is 10.1. The molecule has 0 aliphatic carbocycles. The Labute approximate surface area is 135 Å². The second kappa shape index (κ2) is 6.72. The molecule has 19 heavy (non-hydrogen) atoms. The maximum absolute atomic E-state index is 5.98. The highest BCUT2D eigenvalue weighted by Gasteiger charge is 2.11. The average molecular weight is 432 g/mol. The molecule has 0 amide bonds. The quantitative estimate of drug-likeness (QED) is 0.678. The van der Waals surface area contributed by atoms with Crippen molar-refractivity contribution in [3.8, 4) is 11.5 Å². The molecule has 0 radical (unpaired) electrons. The molecule has 0 heterocycles. The molecule has 0 aliphatic rings. The van der Waals surface area contributed by atoms with E-state index in [1.54, 1.807) is 0 Å². The van der Waals surface area contributed by atoms with Crippen LogP contribution < -0.4 is 10.1 Å². The van der Waals surface area contributed by atoms with Crippen LogP contribution in [0.5, 0.6) is 11.5 Å². The lowest BCUT2D eigenvalue weighted by Crippen LogP contribution is -2.13. The van der Waals surface area contributed by atoms with Gasteiger partial charge in [-0.3, -0.25) is 0 Å². The highest BCUT2D eigenvalue weighted by molar-refractivity contribution is 14.1. The van der Waals surface area contributed by atoms with Crippen molar-refractivity contribution >= 4 is 38.5 Å². The van der Waals surface area contributed by atoms with Crippen LogP contribution in [0.4, 0.5) is 0 Å². The fourth-order valence-corrected chi connectivity index (χ4v) is 2.47. The summed E-state index contributed by atoms with van der Waals surface area (Å²) in [7, 11) is 1.94. The molecule has 0 aliphatic heterocycles. The molecule has 2 aromatic carbocycles. The zero-order chi connectivity index (χ0) is 13.8. The van der Waals surface area contributed by atoms with Crippen LogP contribution in [0, 0.1) is 3.57 Å². The first kappa shape index (κ1) is 14.8. The Kier molecular flexibility index (Phi) is 5.24. The summed E-state index contributed by atoms with van der Waals surface area (Å²) < 4.78 is 8.23. The smallest absolute Gasteiger partial charge is 0.132 e. The third-order valence-corrected chi connectivity index (χ3v) is 4.13. The molecule has 1 unspecified atom stereocenters. The van der Waals surface area contributed by atoms with Gasteiger partial charge < -0.3 is 10.1 Å². The highest BCUT2D eigenvalue weighted by atomic mass is 127. The van der Waals surface area contributed by atoms with Crippen LogP contribution in [-0.4, -0.2) is 7.05 Å². The van der Waals surface area contributed by atoms with Crippen molar-refractivity contribution in [3.05, 3.63) is 56.1 Å². The first-order valence-electron chi connectivity index (χ1n) is 6.00. The number of halogens is 2. The number of ether oxygens (including phenoxy) is 1. The van der Waals surface area contributed by atoms with Gasteiger partial charge in [0, 0.05) is 19.6 Å². The number of hydrogen-bond donors (Lipinski definition) is 1. The SMILES string of the molecule is CNC(C)c1cc(Br)ccc1Oc1ccc(I)cc1. The van der Waals surface area contributed by atoms with E-state index in [0.29, 0.717) is 0 Å². The summed E-state index contributed by atoms with van der Waals surface area (Å²) in [4.78, 5) is 0. The Morgan fingerprint density at radius 3 is 2.47 bits per heavy atom. The standard InChI is InChI=1S/C15H15BrINO/c1-10(18-2)14-9-11(16)3-8-15(14)19-13-6-4-12(17)5-7-13/h3-10,18H,1-2H3. The molecule has 4 heteroatoms. The first-order valence-corrected chi connectivity index (χ1v) is 7.87. The fraction of sp³-hybridized carbons (Fsp3) is 0.200. The average Bonchev–Trinajstić information content (AvgIpc) is 2.42. The second-order valence-corrected chi connectivity index (χ2v) is 6.41. The molecule has 2 rings (SSSR count). The minimum atomic E-state index is 0.233. The predicted molar refractivity (Wildman–Crippen MR) is 90.8 cm³/mol. The molecule has 100 valence electrons. The predicted octanol–water partition coefficient (Wildman–Crippen LogP) is 5.13. The molecule has 0 saturated carbocycles. The topological polar surface area (TPSA) is 21.3 Å². The number of benzene rings is 2. The Hall–Kier alpha value is -0.590. The van der Waals surface area contributed by atoms with Crippen molar-refractivity contribution in [1.29, 1.82) is 0 Å². The van der Waals surface area contributed by atoms with E-state index in [9.17, 15) is 0 Å². The van der Waals surface area contributed by atoms with Gasteiger partial charge in [-0.2, -0.15) is 0 Å². The van der Waals surface area contributed by atoms with E-state index in [1.165, 1.54) is 3.57 Å². The van der Waals surface area contributed by atoms with E-state index in [2.05, 4.69) is 56.8 Å². The van der Waals surface area contributed by atoms with Gasteiger partial charge in [-0.1, -0.05) is 15.9 Å². The van der Waals surface area contributed by atoms with Gasteiger partial charge in [0.1, 0.15) is 11.5 Å². The van der Waals surface area contributed by atoms with Crippen LogP contribution in [0.2, 0.25) is 0 Å². The normalized spacial score (nSPS) is 12.2. The summed E-state index contributed by atoms with van der Waals surface area (Å²) in [5.74, 6) is 1.73. The second-order valence-electron chi connectivity index (χ2n) is 4.25. The molecule has 2 aromatic rings. The number of nitrogens with one attached hydrogen (secondary N) is 1. The van der Waals surface area contributed by atoms with Crippen LogP contribution in [0.1, 0.15) is 18.5 Å². The van der Waals surface area contributed by atoms with E-state index in [-0.39, 0.29) is 6.04 Å². The molecule has 0 aromatic heterocycles. The summed E-state index contributed by atoms with van der Waals surface area (Å²) in [6, 6.07) is 14.3. The third-order valence-electron chi connectivity index (χ3n) is 2.91. The Balaban J connectivity index is 2.31. The van der Waals surface area contributed by atoms with Crippen LogP contribution in [0.3, 0.4) is 0 Å². The van der Waals surface area contributed by atoms with E-state index in [4.69, 9.17) is 4.74 Å². The molecule has 2 nitrogen and oxygen atoms in total. The summed E-state index contributed by atoms with van der Waals surface area (Å²) in [5.41, 5.74) is 1.13. The first-order chi connectivity index (χ1) is 9.10. The van der Waals surface area contributed by atoms with Gasteiger partial charge in [-0.05, 0) is 79.0 Å². The van der Waals surface area contributed by atoms with E-state index >= 15 is 0 Å². The van der Waals surface area contributed by atoms with Gasteiger partial charge >= 0.3 is 0 Å². The monoisotopic (exact) mass is 431 g/mol. The lowest BCUT2D eigenvalue weighted by Gasteiger charge is -2.16. The van der Waals surface area contributed by atoms with Gasteiger partial charge in [0.2, 0.25) is 0 Å². The fourth-order valence-electron chi connectivity index (χ4n) is 1.74. The maximum atomic E-state index is 5.98. The zero-order valence-electron chi connectivity index (χ0n) is 10.8. The van der Waals surface area contributed by atoms with Crippen molar-refractivity contribution in [2.75, 3.05) is 7.05 Å². The van der Waals surface area contributed by atoms with Crippen LogP contribution in [-0.2, 0) is 0 Å². The van der Waals surface area contributed by atoms with E-state index in [1.807, 2.05) is 43.4 Å². The Morgan fingerprint density at radius 1 is 1.16 bits per heavy atom. The summed E-state index contributed by atoms with van der Waals surface area (Å²) in [6.07, 6.45) is 0. The molecule has 0 saturated heterocycles. The van der Waals surface area contributed by atoms with Crippen molar-refractivity contribution in [1.82, 2.24) is 5.32 Å². The van der Waals surface area contributed by atoms with Gasteiger partial charge in [-0.15, -0.1) is 0 Å². The van der Waals surface area contributed by atoms with Gasteiger partial charge in [-0.25, -0.2) is 0 Å². The zero-order valence-corrected chi connectivity index (χ0v) is 14.5. The molecule has 0 bridgehead atoms. The molecular formula is C15H15BrINO. The highest BCUT2D eigenvalue weighted by Crippen LogP contribution is 2.32. The van der Waals surface area contributed by atoms with Crippen molar-refractivity contribution in [3.63, 3.8) is 0 Å². The summed E-state index contributed by atoms with van der Waals surface area (Å²) >= 11 is 5.79. The Morgan fingerprint density at radius 2 is 1.84 bits per heavy atom. The molecule has 0 fully saturated rings. The van der Waals surface area contributed by atoms with E-state index in [0.717, 1.165) is 21.5 Å². The van der Waals surface area contributed by atoms with Gasteiger partial charge in [0.15, 0.2) is 0 Å². The van der Waals surface area contributed by atoms with Crippen LogP contribution in [0.15, 0.2) is 46.9 Å². The largest absolute Gasteiger partial charge is 0.457 e. The molecule has 1 atom stereocenters. The third kappa shape index (κ3) is 3.94. The van der Waals surface area contributed by atoms with Crippen molar-refractivity contribution in [2.24, 2.45) is 0 Å². The number of rotatable bonds is 4. The van der Waals surface area contributed by atoms with Crippen LogP contribution >= 0.6 is 38.5 Å². The minimum Gasteiger partial charge on any atom is -0.457 e. The number of hydrogen-bond acceptors (Lipinski definition) is 2.